The lowest BCUT2D eigenvalue weighted by Crippen LogP contribution is -2.28. The van der Waals surface area contributed by atoms with E-state index in [9.17, 15) is 13.2 Å². The number of amides is 1. The van der Waals surface area contributed by atoms with E-state index in [2.05, 4.69) is 36.2 Å². The van der Waals surface area contributed by atoms with E-state index in [-0.39, 0.29) is 29.0 Å². The van der Waals surface area contributed by atoms with Crippen LogP contribution in [-0.2, 0) is 34.0 Å². The van der Waals surface area contributed by atoms with Gasteiger partial charge in [-0.2, -0.15) is 0 Å². The average Bonchev–Trinajstić information content (AvgIpc) is 3.35. The summed E-state index contributed by atoms with van der Waals surface area (Å²) in [7, 11) is -3.25. The number of benzene rings is 2. The van der Waals surface area contributed by atoms with E-state index in [4.69, 9.17) is 16.6 Å². The monoisotopic (exact) mass is 531 g/mol. The Labute approximate surface area is 216 Å². The van der Waals surface area contributed by atoms with E-state index in [1.54, 1.807) is 31.2 Å². The van der Waals surface area contributed by atoms with Gasteiger partial charge in [0, 0.05) is 23.0 Å². The predicted molar refractivity (Wildman–Crippen MR) is 142 cm³/mol. The van der Waals surface area contributed by atoms with Gasteiger partial charge in [-0.05, 0) is 47.7 Å². The summed E-state index contributed by atoms with van der Waals surface area (Å²) in [6.45, 7) is 7.78. The minimum Gasteiger partial charge on any atom is -0.302 e. The molecule has 1 aromatic heterocycles. The van der Waals surface area contributed by atoms with E-state index in [1.165, 1.54) is 21.8 Å². The van der Waals surface area contributed by atoms with E-state index >= 15 is 0 Å². The molecule has 6 nitrogen and oxygen atoms in total. The molecule has 1 aliphatic heterocycles. The van der Waals surface area contributed by atoms with E-state index in [0.717, 1.165) is 35.8 Å². The van der Waals surface area contributed by atoms with Crippen molar-refractivity contribution in [3.63, 3.8) is 0 Å². The van der Waals surface area contributed by atoms with Gasteiger partial charge in [0.25, 0.3) is 0 Å². The maximum absolute atomic E-state index is 12.6. The molecule has 2 aromatic carbocycles. The number of fused-ring (bicyclic) bond motifs is 1. The number of aromatic nitrogens is 1. The molecule has 1 aliphatic rings. The molecule has 0 radical (unpaired) electrons. The van der Waals surface area contributed by atoms with Gasteiger partial charge in [0.05, 0.1) is 28.8 Å². The first-order valence-electron chi connectivity index (χ1n) is 11.8. The minimum absolute atomic E-state index is 0.0530. The number of carbonyl (C=O) groups is 1. The summed E-state index contributed by atoms with van der Waals surface area (Å²) in [5.41, 5.74) is 3.08. The number of carbonyl (C=O) groups excluding carboxylic acids is 1. The largest absolute Gasteiger partial charge is 0.302 e. The first-order valence-corrected chi connectivity index (χ1v) is 14.6. The topological polar surface area (TPSA) is 79.4 Å². The molecule has 1 atom stereocenters. The van der Waals surface area contributed by atoms with Gasteiger partial charge < -0.3 is 5.32 Å². The van der Waals surface area contributed by atoms with Crippen molar-refractivity contribution in [3.05, 3.63) is 75.3 Å². The third-order valence-electron chi connectivity index (χ3n) is 6.25. The smallest absolute Gasteiger partial charge is 0.230 e. The van der Waals surface area contributed by atoms with Gasteiger partial charge in [0.1, 0.15) is 0 Å². The minimum atomic E-state index is -3.25. The fourth-order valence-corrected chi connectivity index (χ4v) is 6.48. The van der Waals surface area contributed by atoms with Crippen LogP contribution in [0.2, 0.25) is 5.02 Å². The van der Waals surface area contributed by atoms with Gasteiger partial charge in [0.15, 0.2) is 15.0 Å². The van der Waals surface area contributed by atoms with Gasteiger partial charge in [-0.25, -0.2) is 13.4 Å². The van der Waals surface area contributed by atoms with Gasteiger partial charge in [-0.15, -0.1) is 11.3 Å². The van der Waals surface area contributed by atoms with Crippen molar-refractivity contribution < 1.29 is 13.2 Å². The Morgan fingerprint density at radius 1 is 1.14 bits per heavy atom. The molecule has 1 amide bonds. The SMILES string of the molecule is CCS(=O)(=O)c1ccc(CC(=O)Nc2nc3c(s2)CN(CCc2ccc(Cl)cc2)C3C(C)C)cc1. The lowest BCUT2D eigenvalue weighted by molar-refractivity contribution is -0.115. The molecule has 2 heterocycles. The number of anilines is 1. The fraction of sp³-hybridized carbons (Fsp3) is 0.385. The number of rotatable bonds is 9. The number of nitrogens with zero attached hydrogens (tertiary/aromatic N) is 2. The van der Waals surface area contributed by atoms with Crippen LogP contribution in [0, 0.1) is 5.92 Å². The average molecular weight is 532 g/mol. The summed E-state index contributed by atoms with van der Waals surface area (Å²) < 4.78 is 23.9. The lowest BCUT2D eigenvalue weighted by atomic mass is 10.0. The van der Waals surface area contributed by atoms with Crippen LogP contribution in [0.4, 0.5) is 5.13 Å². The standard InChI is InChI=1S/C26H30ClN3O3S2/c1-4-35(32,33)21-11-7-19(8-12-21)15-23(31)28-26-29-24-22(34-26)16-30(25(24)17(2)3)14-13-18-5-9-20(27)10-6-18/h5-12,17,25H,4,13-16H2,1-3H3,(H,28,29,31). The molecule has 0 saturated carbocycles. The molecule has 3 aromatic rings. The quantitative estimate of drug-likeness (QED) is 0.393. The van der Waals surface area contributed by atoms with Crippen LogP contribution in [0.1, 0.15) is 48.5 Å². The highest BCUT2D eigenvalue weighted by molar-refractivity contribution is 7.91. The molecule has 4 rings (SSSR count). The van der Waals surface area contributed by atoms with Crippen LogP contribution < -0.4 is 5.32 Å². The molecule has 186 valence electrons. The first-order chi connectivity index (χ1) is 16.7. The Morgan fingerprint density at radius 2 is 1.80 bits per heavy atom. The molecule has 0 spiro atoms. The number of hydrogen-bond acceptors (Lipinski definition) is 6. The first kappa shape index (κ1) is 25.8. The predicted octanol–water partition coefficient (Wildman–Crippen LogP) is 5.53. The van der Waals surface area contributed by atoms with Crippen molar-refractivity contribution >= 4 is 43.8 Å². The van der Waals surface area contributed by atoms with E-state index in [0.29, 0.717) is 11.0 Å². The van der Waals surface area contributed by atoms with Crippen LogP contribution >= 0.6 is 22.9 Å². The molecule has 0 bridgehead atoms. The summed E-state index contributed by atoms with van der Waals surface area (Å²) in [4.78, 5) is 21.4. The Hall–Kier alpha value is -2.26. The zero-order chi connectivity index (χ0) is 25.2. The number of hydrogen-bond donors (Lipinski definition) is 1. The van der Waals surface area contributed by atoms with E-state index in [1.807, 2.05) is 12.1 Å². The van der Waals surface area contributed by atoms with Crippen molar-refractivity contribution in [2.45, 2.75) is 51.1 Å². The second kappa shape index (κ2) is 10.8. The number of sulfone groups is 1. The van der Waals surface area contributed by atoms with Crippen LogP contribution in [-0.4, -0.2) is 36.5 Å². The highest BCUT2D eigenvalue weighted by Crippen LogP contribution is 2.42. The van der Waals surface area contributed by atoms with Crippen molar-refractivity contribution in [2.75, 3.05) is 17.6 Å². The zero-order valence-electron chi connectivity index (χ0n) is 20.1. The summed E-state index contributed by atoms with van der Waals surface area (Å²) in [5.74, 6) is 0.284. The highest BCUT2D eigenvalue weighted by atomic mass is 35.5. The lowest BCUT2D eigenvalue weighted by Gasteiger charge is -2.27. The zero-order valence-corrected chi connectivity index (χ0v) is 22.5. The van der Waals surface area contributed by atoms with Crippen molar-refractivity contribution in [3.8, 4) is 0 Å². The molecule has 0 fully saturated rings. The third-order valence-corrected chi connectivity index (χ3v) is 9.23. The number of thiazole rings is 1. The molecular weight excluding hydrogens is 502 g/mol. The van der Waals surface area contributed by atoms with Crippen LogP contribution in [0.15, 0.2) is 53.4 Å². The summed E-state index contributed by atoms with van der Waals surface area (Å²) in [5, 5.41) is 4.30. The second-order valence-electron chi connectivity index (χ2n) is 9.14. The Morgan fingerprint density at radius 3 is 2.43 bits per heavy atom. The fourth-order valence-electron chi connectivity index (χ4n) is 4.43. The van der Waals surface area contributed by atoms with Crippen LogP contribution in [0.3, 0.4) is 0 Å². The van der Waals surface area contributed by atoms with Crippen molar-refractivity contribution in [1.29, 1.82) is 0 Å². The maximum atomic E-state index is 12.6. The van der Waals surface area contributed by atoms with Crippen LogP contribution in [0.25, 0.3) is 0 Å². The van der Waals surface area contributed by atoms with Crippen molar-refractivity contribution in [2.24, 2.45) is 5.92 Å². The summed E-state index contributed by atoms with van der Waals surface area (Å²) in [6, 6.07) is 14.7. The molecule has 35 heavy (non-hydrogen) atoms. The van der Waals surface area contributed by atoms with Crippen LogP contribution in [0.5, 0.6) is 0 Å². The molecule has 1 unspecified atom stereocenters. The van der Waals surface area contributed by atoms with Gasteiger partial charge in [-0.3, -0.25) is 9.69 Å². The van der Waals surface area contributed by atoms with E-state index < -0.39 is 9.84 Å². The number of nitrogens with one attached hydrogen (secondary N) is 1. The normalized spacial score (nSPS) is 16.0. The Kier molecular flexibility index (Phi) is 7.96. The number of halogens is 1. The van der Waals surface area contributed by atoms with Gasteiger partial charge >= 0.3 is 0 Å². The molecule has 0 aliphatic carbocycles. The summed E-state index contributed by atoms with van der Waals surface area (Å²) >= 11 is 7.54. The highest BCUT2D eigenvalue weighted by Gasteiger charge is 2.35. The third kappa shape index (κ3) is 6.12. The molecule has 9 heteroatoms. The molecular formula is C26H30ClN3O3S2. The van der Waals surface area contributed by atoms with Gasteiger partial charge in [0.2, 0.25) is 5.91 Å². The summed E-state index contributed by atoms with van der Waals surface area (Å²) in [6.07, 6.45) is 1.11. The van der Waals surface area contributed by atoms with Crippen molar-refractivity contribution in [1.82, 2.24) is 9.88 Å². The Balaban J connectivity index is 1.38. The van der Waals surface area contributed by atoms with Gasteiger partial charge in [-0.1, -0.05) is 56.6 Å². The maximum Gasteiger partial charge on any atom is 0.230 e. The molecule has 1 N–H and O–H groups in total. The second-order valence-corrected chi connectivity index (χ2v) is 12.9. The Bertz CT molecular complexity index is 1290. The molecule has 0 saturated heterocycles.